The van der Waals surface area contributed by atoms with Gasteiger partial charge in [-0.25, -0.2) is 0 Å². The van der Waals surface area contributed by atoms with Crippen molar-refractivity contribution in [2.75, 3.05) is 12.0 Å². The Morgan fingerprint density at radius 1 is 0.733 bits per heavy atom. The molecule has 0 aliphatic carbocycles. The highest BCUT2D eigenvalue weighted by Gasteiger charge is 2.08. The summed E-state index contributed by atoms with van der Waals surface area (Å²) < 4.78 is 0. The summed E-state index contributed by atoms with van der Waals surface area (Å²) in [7, 11) is 0. The van der Waals surface area contributed by atoms with Gasteiger partial charge in [0.15, 0.2) is 0 Å². The van der Waals surface area contributed by atoms with Crippen LogP contribution in [-0.2, 0) is 0 Å². The van der Waals surface area contributed by atoms with Crippen molar-refractivity contribution < 1.29 is 0 Å². The summed E-state index contributed by atoms with van der Waals surface area (Å²) in [4.78, 5) is 0. The maximum atomic E-state index is 2.34. The molecule has 0 aliphatic heterocycles. The van der Waals surface area contributed by atoms with E-state index in [0.717, 1.165) is 0 Å². The second-order valence-electron chi connectivity index (χ2n) is 5.78. The van der Waals surface area contributed by atoms with Crippen molar-refractivity contribution >= 4 is 11.8 Å². The van der Waals surface area contributed by atoms with Gasteiger partial charge in [-0.3, -0.25) is 0 Å². The van der Waals surface area contributed by atoms with Crippen LogP contribution in [0.1, 0.15) is 72.1 Å². The molecule has 0 saturated heterocycles. The number of hydrogen-bond acceptors (Lipinski definition) is 1. The maximum Gasteiger partial charge on any atom is -0.00703 e. The number of unbranched alkanes of at least 4 members (excludes halogenated alkanes) is 6. The van der Waals surface area contributed by atoms with Gasteiger partial charge in [0.25, 0.3) is 0 Å². The van der Waals surface area contributed by atoms with Gasteiger partial charge in [-0.15, -0.1) is 0 Å². The Bertz CT molecular complexity index is 124. The summed E-state index contributed by atoms with van der Waals surface area (Å²) in [5.74, 6) is 1.35. The standard InChI is InChI=1S/C14H30S/c1-14(2,3)12-10-8-6-5-7-9-11-13-15-4/h5-13H2,1-4H3. The Hall–Kier alpha value is 0.350. The molecule has 0 fully saturated rings. The van der Waals surface area contributed by atoms with Gasteiger partial charge in [0.2, 0.25) is 0 Å². The van der Waals surface area contributed by atoms with Crippen molar-refractivity contribution in [3.05, 3.63) is 0 Å². The highest BCUT2D eigenvalue weighted by molar-refractivity contribution is 7.98. The van der Waals surface area contributed by atoms with Gasteiger partial charge in [0, 0.05) is 0 Å². The van der Waals surface area contributed by atoms with Gasteiger partial charge in [0.05, 0.1) is 0 Å². The van der Waals surface area contributed by atoms with Crippen molar-refractivity contribution in [3.8, 4) is 0 Å². The lowest BCUT2D eigenvalue weighted by Crippen LogP contribution is -2.03. The zero-order chi connectivity index (χ0) is 11.6. The van der Waals surface area contributed by atoms with E-state index in [4.69, 9.17) is 0 Å². The summed E-state index contributed by atoms with van der Waals surface area (Å²) in [6.07, 6.45) is 13.7. The van der Waals surface area contributed by atoms with E-state index in [9.17, 15) is 0 Å². The molecule has 0 N–H and O–H groups in total. The van der Waals surface area contributed by atoms with Gasteiger partial charge >= 0.3 is 0 Å². The fourth-order valence-corrected chi connectivity index (χ4v) is 2.28. The maximum absolute atomic E-state index is 2.34. The van der Waals surface area contributed by atoms with Crippen LogP contribution in [0.15, 0.2) is 0 Å². The van der Waals surface area contributed by atoms with Crippen molar-refractivity contribution in [2.24, 2.45) is 5.41 Å². The molecule has 0 heterocycles. The molecule has 0 aromatic carbocycles. The van der Waals surface area contributed by atoms with Crippen molar-refractivity contribution in [3.63, 3.8) is 0 Å². The van der Waals surface area contributed by atoms with Crippen LogP contribution in [0, 0.1) is 5.41 Å². The van der Waals surface area contributed by atoms with E-state index in [0.29, 0.717) is 5.41 Å². The molecular formula is C14H30S. The molecular weight excluding hydrogens is 200 g/mol. The van der Waals surface area contributed by atoms with Crippen LogP contribution >= 0.6 is 11.8 Å². The lowest BCUT2D eigenvalue weighted by atomic mass is 9.89. The van der Waals surface area contributed by atoms with E-state index in [1.807, 2.05) is 11.8 Å². The van der Waals surface area contributed by atoms with Crippen LogP contribution in [0.25, 0.3) is 0 Å². The van der Waals surface area contributed by atoms with Gasteiger partial charge < -0.3 is 0 Å². The van der Waals surface area contributed by atoms with Crippen LogP contribution < -0.4 is 0 Å². The van der Waals surface area contributed by atoms with Crippen molar-refractivity contribution in [1.82, 2.24) is 0 Å². The molecule has 0 rings (SSSR count). The molecule has 1 heteroatoms. The van der Waals surface area contributed by atoms with Crippen molar-refractivity contribution in [2.45, 2.75) is 72.1 Å². The van der Waals surface area contributed by atoms with E-state index >= 15 is 0 Å². The predicted molar refractivity (Wildman–Crippen MR) is 74.8 cm³/mol. The summed E-state index contributed by atoms with van der Waals surface area (Å²) in [5.41, 5.74) is 0.540. The fourth-order valence-electron chi connectivity index (χ4n) is 1.79. The Labute approximate surface area is 102 Å². The molecule has 0 aliphatic rings. The first-order chi connectivity index (χ1) is 7.06. The molecule has 0 aromatic heterocycles. The van der Waals surface area contributed by atoms with Crippen LogP contribution in [0.3, 0.4) is 0 Å². The lowest BCUT2D eigenvalue weighted by molar-refractivity contribution is 0.356. The first-order valence-corrected chi connectivity index (χ1v) is 7.94. The molecule has 0 atom stereocenters. The minimum absolute atomic E-state index is 0.540. The largest absolute Gasteiger partial charge is 0.165 e. The summed E-state index contributed by atoms with van der Waals surface area (Å²) in [5, 5.41) is 0. The molecule has 0 radical (unpaired) electrons. The zero-order valence-electron chi connectivity index (χ0n) is 11.3. The van der Waals surface area contributed by atoms with E-state index in [2.05, 4.69) is 27.0 Å². The van der Waals surface area contributed by atoms with Gasteiger partial charge in [-0.05, 0) is 30.3 Å². The molecule has 0 aromatic rings. The average molecular weight is 230 g/mol. The third-order valence-corrected chi connectivity index (χ3v) is 3.47. The summed E-state index contributed by atoms with van der Waals surface area (Å²) >= 11 is 1.98. The minimum atomic E-state index is 0.540. The van der Waals surface area contributed by atoms with Crippen molar-refractivity contribution in [1.29, 1.82) is 0 Å². The molecule has 0 unspecified atom stereocenters. The van der Waals surface area contributed by atoms with E-state index in [1.54, 1.807) is 0 Å². The Kier molecular flexibility index (Phi) is 9.79. The summed E-state index contributed by atoms with van der Waals surface area (Å²) in [6.45, 7) is 7.03. The van der Waals surface area contributed by atoms with E-state index in [-0.39, 0.29) is 0 Å². The smallest absolute Gasteiger partial charge is 0.00703 e. The zero-order valence-corrected chi connectivity index (χ0v) is 12.1. The van der Waals surface area contributed by atoms with Gasteiger partial charge in [-0.2, -0.15) is 11.8 Å². The number of thioether (sulfide) groups is 1. The quantitative estimate of drug-likeness (QED) is 0.470. The molecule has 0 spiro atoms. The van der Waals surface area contributed by atoms with E-state index < -0.39 is 0 Å². The third kappa shape index (κ3) is 14.4. The second-order valence-corrected chi connectivity index (χ2v) is 6.76. The minimum Gasteiger partial charge on any atom is -0.165 e. The molecule has 92 valence electrons. The third-order valence-electron chi connectivity index (χ3n) is 2.78. The van der Waals surface area contributed by atoms with Crippen LogP contribution in [0.2, 0.25) is 0 Å². The molecule has 0 amide bonds. The monoisotopic (exact) mass is 230 g/mol. The first kappa shape index (κ1) is 15.3. The van der Waals surface area contributed by atoms with Gasteiger partial charge in [-0.1, -0.05) is 59.3 Å². The Balaban J connectivity index is 2.99. The SMILES string of the molecule is CSCCCCCCCCCC(C)(C)C. The normalized spacial score (nSPS) is 12.0. The van der Waals surface area contributed by atoms with Crippen LogP contribution in [-0.4, -0.2) is 12.0 Å². The Morgan fingerprint density at radius 2 is 1.20 bits per heavy atom. The van der Waals surface area contributed by atoms with Crippen LogP contribution in [0.5, 0.6) is 0 Å². The Morgan fingerprint density at radius 3 is 1.67 bits per heavy atom. The second kappa shape index (κ2) is 9.57. The lowest BCUT2D eigenvalue weighted by Gasteiger charge is -2.17. The number of hydrogen-bond donors (Lipinski definition) is 0. The molecule has 0 saturated carbocycles. The fraction of sp³-hybridized carbons (Fsp3) is 1.00. The average Bonchev–Trinajstić information content (AvgIpc) is 2.14. The predicted octanol–water partition coefficient (Wildman–Crippen LogP) is 5.52. The van der Waals surface area contributed by atoms with Gasteiger partial charge in [0.1, 0.15) is 0 Å². The molecule has 0 nitrogen and oxygen atoms in total. The summed E-state index contributed by atoms with van der Waals surface area (Å²) in [6, 6.07) is 0. The van der Waals surface area contributed by atoms with Crippen LogP contribution in [0.4, 0.5) is 0 Å². The number of rotatable bonds is 9. The first-order valence-electron chi connectivity index (χ1n) is 6.55. The highest BCUT2D eigenvalue weighted by Crippen LogP contribution is 2.22. The molecule has 0 bridgehead atoms. The molecule has 15 heavy (non-hydrogen) atoms. The highest BCUT2D eigenvalue weighted by atomic mass is 32.2. The topological polar surface area (TPSA) is 0 Å². The van der Waals surface area contributed by atoms with E-state index in [1.165, 1.54) is 57.1 Å².